The molecule has 0 radical (unpaired) electrons. The summed E-state index contributed by atoms with van der Waals surface area (Å²) in [4.78, 5) is 26.9. The summed E-state index contributed by atoms with van der Waals surface area (Å²) in [6.07, 6.45) is 2.06. The van der Waals surface area contributed by atoms with E-state index in [9.17, 15) is 18.0 Å². The Hall–Kier alpha value is -3.65. The lowest BCUT2D eigenvalue weighted by Gasteiger charge is -2.19. The number of benzene rings is 3. The van der Waals surface area contributed by atoms with Crippen molar-refractivity contribution in [3.63, 3.8) is 0 Å². The van der Waals surface area contributed by atoms with Gasteiger partial charge in [0.1, 0.15) is 0 Å². The highest BCUT2D eigenvalue weighted by molar-refractivity contribution is 7.92. The first-order valence-electron chi connectivity index (χ1n) is 11.5. The summed E-state index contributed by atoms with van der Waals surface area (Å²) in [5, 5.41) is 2.95. The van der Waals surface area contributed by atoms with Crippen molar-refractivity contribution in [3.05, 3.63) is 94.5 Å². The van der Waals surface area contributed by atoms with Gasteiger partial charge in [0.05, 0.1) is 4.90 Å². The number of rotatable bonds is 8. The van der Waals surface area contributed by atoms with Crippen LogP contribution in [0.5, 0.6) is 0 Å². The number of aryl methyl sites for hydroxylation is 2. The van der Waals surface area contributed by atoms with Gasteiger partial charge in [0.25, 0.3) is 21.8 Å². The highest BCUT2D eigenvalue weighted by Crippen LogP contribution is 2.22. The lowest BCUT2D eigenvalue weighted by Crippen LogP contribution is -2.27. The summed E-state index contributed by atoms with van der Waals surface area (Å²) in [5.41, 5.74) is 3.85. The zero-order valence-corrected chi connectivity index (χ0v) is 20.9. The van der Waals surface area contributed by atoms with Crippen molar-refractivity contribution in [2.75, 3.05) is 11.8 Å². The molecule has 0 spiro atoms. The van der Waals surface area contributed by atoms with Crippen molar-refractivity contribution in [3.8, 4) is 0 Å². The Bertz CT molecular complexity index is 1360. The van der Waals surface area contributed by atoms with E-state index in [2.05, 4.69) is 10.0 Å². The minimum Gasteiger partial charge on any atom is -0.349 e. The zero-order valence-electron chi connectivity index (χ0n) is 20.0. The molecular weight excluding hydrogens is 462 g/mol. The van der Waals surface area contributed by atoms with Crippen LogP contribution in [0.3, 0.4) is 0 Å². The second-order valence-corrected chi connectivity index (χ2v) is 10.7. The highest BCUT2D eigenvalue weighted by Gasteiger charge is 2.24. The van der Waals surface area contributed by atoms with Gasteiger partial charge in [-0.2, -0.15) is 0 Å². The number of hydrogen-bond acceptors (Lipinski definition) is 4. The molecule has 0 heterocycles. The maximum atomic E-state index is 13.2. The summed E-state index contributed by atoms with van der Waals surface area (Å²) < 4.78 is 28.5. The second kappa shape index (κ2) is 9.92. The van der Waals surface area contributed by atoms with Crippen LogP contribution in [0.2, 0.25) is 0 Å². The van der Waals surface area contributed by atoms with Crippen LogP contribution in [-0.2, 0) is 16.6 Å². The molecule has 1 saturated carbocycles. The van der Waals surface area contributed by atoms with Crippen LogP contribution in [0.25, 0.3) is 0 Å². The fourth-order valence-corrected chi connectivity index (χ4v) is 4.81. The molecule has 1 aliphatic rings. The molecule has 0 unspecified atom stereocenters. The van der Waals surface area contributed by atoms with Crippen LogP contribution in [-0.4, -0.2) is 38.2 Å². The predicted molar refractivity (Wildman–Crippen MR) is 136 cm³/mol. The average Bonchev–Trinajstić information content (AvgIpc) is 3.63. The fraction of sp³-hybridized carbons (Fsp3) is 0.259. The molecule has 2 amide bonds. The number of anilines is 1. The molecule has 0 saturated heterocycles. The van der Waals surface area contributed by atoms with Crippen molar-refractivity contribution in [1.82, 2.24) is 10.2 Å². The second-order valence-electron chi connectivity index (χ2n) is 9.06. The highest BCUT2D eigenvalue weighted by atomic mass is 32.2. The molecule has 35 heavy (non-hydrogen) atoms. The lowest BCUT2D eigenvalue weighted by atomic mass is 10.1. The third-order valence-electron chi connectivity index (χ3n) is 5.92. The molecule has 2 N–H and O–H groups in total. The van der Waals surface area contributed by atoms with Crippen molar-refractivity contribution in [2.24, 2.45) is 0 Å². The Kier molecular flexibility index (Phi) is 6.93. The summed E-state index contributed by atoms with van der Waals surface area (Å²) >= 11 is 0. The Morgan fingerprint density at radius 2 is 1.69 bits per heavy atom. The van der Waals surface area contributed by atoms with Crippen LogP contribution in [0.4, 0.5) is 5.69 Å². The van der Waals surface area contributed by atoms with E-state index in [0.29, 0.717) is 35.0 Å². The molecule has 1 fully saturated rings. The monoisotopic (exact) mass is 491 g/mol. The molecule has 7 nitrogen and oxygen atoms in total. The van der Waals surface area contributed by atoms with E-state index >= 15 is 0 Å². The normalized spacial score (nSPS) is 13.2. The van der Waals surface area contributed by atoms with Gasteiger partial charge in [-0.15, -0.1) is 0 Å². The molecule has 0 aromatic heterocycles. The van der Waals surface area contributed by atoms with Gasteiger partial charge in [0.2, 0.25) is 0 Å². The number of hydrogen-bond donors (Lipinski definition) is 2. The molecule has 3 aromatic rings. The summed E-state index contributed by atoms with van der Waals surface area (Å²) in [6, 6.07) is 19.1. The minimum absolute atomic E-state index is 0.0207. The smallest absolute Gasteiger partial charge is 0.261 e. The average molecular weight is 492 g/mol. The SMILES string of the molecule is Cc1cccc(NS(=O)(=O)c2ccc(C)c(C(=O)N(C)Cc3ccc(C(=O)NC4CC4)cc3)c2)c1. The molecular formula is C27H29N3O4S. The van der Waals surface area contributed by atoms with Crippen molar-refractivity contribution in [2.45, 2.75) is 44.2 Å². The minimum atomic E-state index is -3.86. The standard InChI is InChI=1S/C27H29N3O4S/c1-18-5-4-6-23(15-18)29-35(33,34)24-14-7-19(2)25(16-24)27(32)30(3)17-20-8-10-21(11-9-20)26(31)28-22-12-13-22/h4-11,14-16,22,29H,12-13,17H2,1-3H3,(H,28,31). The van der Waals surface area contributed by atoms with Gasteiger partial charge in [-0.25, -0.2) is 8.42 Å². The van der Waals surface area contributed by atoms with Gasteiger partial charge in [-0.3, -0.25) is 14.3 Å². The molecule has 4 rings (SSSR count). The van der Waals surface area contributed by atoms with Crippen molar-refractivity contribution >= 4 is 27.5 Å². The topological polar surface area (TPSA) is 95.6 Å². The van der Waals surface area contributed by atoms with Gasteiger partial charge in [-0.05, 0) is 79.8 Å². The Morgan fingerprint density at radius 1 is 0.971 bits per heavy atom. The largest absolute Gasteiger partial charge is 0.349 e. The Morgan fingerprint density at radius 3 is 2.34 bits per heavy atom. The van der Waals surface area contributed by atoms with Gasteiger partial charge >= 0.3 is 0 Å². The quantitative estimate of drug-likeness (QED) is 0.492. The first-order chi connectivity index (χ1) is 16.6. The fourth-order valence-electron chi connectivity index (χ4n) is 3.73. The van der Waals surface area contributed by atoms with Gasteiger partial charge < -0.3 is 10.2 Å². The van der Waals surface area contributed by atoms with Gasteiger partial charge in [0, 0.05) is 36.4 Å². The zero-order chi connectivity index (χ0) is 25.2. The molecule has 3 aromatic carbocycles. The number of carbonyl (C=O) groups is 2. The van der Waals surface area contributed by atoms with Crippen LogP contribution in [0.15, 0.2) is 71.6 Å². The van der Waals surface area contributed by atoms with Gasteiger partial charge in [0.15, 0.2) is 0 Å². The maximum Gasteiger partial charge on any atom is 0.261 e. The summed E-state index contributed by atoms with van der Waals surface area (Å²) in [7, 11) is -2.20. The first kappa shape index (κ1) is 24.5. The van der Waals surface area contributed by atoms with E-state index in [0.717, 1.165) is 24.0 Å². The maximum absolute atomic E-state index is 13.2. The van der Waals surface area contributed by atoms with E-state index < -0.39 is 10.0 Å². The van der Waals surface area contributed by atoms with E-state index in [1.54, 1.807) is 50.4 Å². The molecule has 0 atom stereocenters. The van der Waals surface area contributed by atoms with Crippen LogP contribution in [0, 0.1) is 13.8 Å². The first-order valence-corrected chi connectivity index (χ1v) is 13.0. The van der Waals surface area contributed by atoms with Crippen LogP contribution in [0.1, 0.15) is 50.2 Å². The van der Waals surface area contributed by atoms with E-state index in [1.165, 1.54) is 17.0 Å². The number of nitrogens with one attached hydrogen (secondary N) is 2. The number of carbonyl (C=O) groups excluding carboxylic acids is 2. The van der Waals surface area contributed by atoms with Crippen molar-refractivity contribution in [1.29, 1.82) is 0 Å². The molecule has 182 valence electrons. The molecule has 8 heteroatoms. The predicted octanol–water partition coefficient (Wildman–Crippen LogP) is 4.27. The number of nitrogens with zero attached hydrogens (tertiary/aromatic N) is 1. The Labute approximate surface area is 206 Å². The van der Waals surface area contributed by atoms with Crippen LogP contribution < -0.4 is 10.0 Å². The lowest BCUT2D eigenvalue weighted by molar-refractivity contribution is 0.0783. The van der Waals surface area contributed by atoms with E-state index in [-0.39, 0.29) is 16.7 Å². The van der Waals surface area contributed by atoms with Crippen molar-refractivity contribution < 1.29 is 18.0 Å². The van der Waals surface area contributed by atoms with Gasteiger partial charge in [-0.1, -0.05) is 30.3 Å². The molecule has 0 bridgehead atoms. The van der Waals surface area contributed by atoms with Crippen LogP contribution >= 0.6 is 0 Å². The Balaban J connectivity index is 1.47. The summed E-state index contributed by atoms with van der Waals surface area (Å²) in [5.74, 6) is -0.373. The third-order valence-corrected chi connectivity index (χ3v) is 7.29. The third kappa shape index (κ3) is 6.08. The van der Waals surface area contributed by atoms with E-state index in [1.807, 2.05) is 25.1 Å². The number of amides is 2. The number of sulfonamides is 1. The molecule has 0 aliphatic heterocycles. The van der Waals surface area contributed by atoms with E-state index in [4.69, 9.17) is 0 Å². The summed E-state index contributed by atoms with van der Waals surface area (Å²) in [6.45, 7) is 3.98. The molecule has 1 aliphatic carbocycles.